The minimum absolute atomic E-state index is 0.232. The Morgan fingerprint density at radius 1 is 1.58 bits per heavy atom. The third-order valence-electron chi connectivity index (χ3n) is 2.89. The lowest BCUT2D eigenvalue weighted by atomic mass is 9.95. The molecule has 0 bridgehead atoms. The molecular formula is C14H21BrN2O2. The van der Waals surface area contributed by atoms with Gasteiger partial charge in [0.15, 0.2) is 0 Å². The molecule has 1 heterocycles. The van der Waals surface area contributed by atoms with E-state index in [4.69, 9.17) is 0 Å². The Kier molecular flexibility index (Phi) is 5.94. The molecule has 4 nitrogen and oxygen atoms in total. The first-order valence-corrected chi connectivity index (χ1v) is 7.22. The molecule has 2 N–H and O–H groups in total. The van der Waals surface area contributed by atoms with E-state index in [9.17, 15) is 9.90 Å². The summed E-state index contributed by atoms with van der Waals surface area (Å²) in [6.45, 7) is 6.21. The second-order valence-electron chi connectivity index (χ2n) is 5.45. The van der Waals surface area contributed by atoms with Crippen LogP contribution in [0.2, 0.25) is 0 Å². The number of rotatable bonds is 6. The standard InChI is InChI=1S/C14H21BrN2O2/c1-10(2)6-7-14(3,19)9-17-13(18)11-5-4-8-16-12(11)15/h4-5,8,10,19H,6-7,9H2,1-3H3,(H,17,18). The van der Waals surface area contributed by atoms with Crippen molar-refractivity contribution in [3.63, 3.8) is 0 Å². The molecule has 0 aliphatic rings. The number of amides is 1. The van der Waals surface area contributed by atoms with Gasteiger partial charge >= 0.3 is 0 Å². The fourth-order valence-electron chi connectivity index (χ4n) is 1.61. The van der Waals surface area contributed by atoms with Gasteiger partial charge in [0.05, 0.1) is 11.2 Å². The van der Waals surface area contributed by atoms with Crippen molar-refractivity contribution in [2.24, 2.45) is 5.92 Å². The first kappa shape index (κ1) is 16.1. The Bertz CT molecular complexity index is 433. The van der Waals surface area contributed by atoms with E-state index >= 15 is 0 Å². The zero-order valence-electron chi connectivity index (χ0n) is 11.6. The maximum Gasteiger partial charge on any atom is 0.254 e. The average molecular weight is 329 g/mol. The summed E-state index contributed by atoms with van der Waals surface area (Å²) in [5.74, 6) is 0.305. The van der Waals surface area contributed by atoms with E-state index in [0.717, 1.165) is 6.42 Å². The highest BCUT2D eigenvalue weighted by atomic mass is 79.9. The molecule has 0 fully saturated rings. The molecule has 5 heteroatoms. The number of aliphatic hydroxyl groups is 1. The van der Waals surface area contributed by atoms with Gasteiger partial charge in [0.2, 0.25) is 0 Å². The lowest BCUT2D eigenvalue weighted by Gasteiger charge is -2.24. The number of halogens is 1. The molecule has 1 atom stereocenters. The summed E-state index contributed by atoms with van der Waals surface area (Å²) in [5.41, 5.74) is -0.406. The molecule has 0 aliphatic carbocycles. The highest BCUT2D eigenvalue weighted by molar-refractivity contribution is 9.10. The van der Waals surface area contributed by atoms with E-state index in [1.165, 1.54) is 0 Å². The summed E-state index contributed by atoms with van der Waals surface area (Å²) < 4.78 is 0.509. The number of aromatic nitrogens is 1. The van der Waals surface area contributed by atoms with Crippen LogP contribution in [0, 0.1) is 5.92 Å². The van der Waals surface area contributed by atoms with Crippen LogP contribution in [0.5, 0.6) is 0 Å². The zero-order valence-corrected chi connectivity index (χ0v) is 13.2. The summed E-state index contributed by atoms with van der Waals surface area (Å²) in [7, 11) is 0. The molecular weight excluding hydrogens is 308 g/mol. The van der Waals surface area contributed by atoms with Gasteiger partial charge in [0, 0.05) is 12.7 Å². The Morgan fingerprint density at radius 2 is 2.26 bits per heavy atom. The fraction of sp³-hybridized carbons (Fsp3) is 0.571. The minimum atomic E-state index is -0.880. The van der Waals surface area contributed by atoms with Gasteiger partial charge in [-0.3, -0.25) is 4.79 Å². The maximum absolute atomic E-state index is 12.0. The average Bonchev–Trinajstić information content (AvgIpc) is 2.34. The lowest BCUT2D eigenvalue weighted by Crippen LogP contribution is -2.40. The predicted molar refractivity (Wildman–Crippen MR) is 79.0 cm³/mol. The van der Waals surface area contributed by atoms with Crippen LogP contribution in [-0.4, -0.2) is 28.1 Å². The van der Waals surface area contributed by atoms with Crippen LogP contribution in [0.3, 0.4) is 0 Å². The van der Waals surface area contributed by atoms with Gasteiger partial charge in [-0.05, 0) is 53.7 Å². The molecule has 0 aromatic carbocycles. The number of pyridine rings is 1. The van der Waals surface area contributed by atoms with Crippen molar-refractivity contribution >= 4 is 21.8 Å². The predicted octanol–water partition coefficient (Wildman–Crippen LogP) is 2.76. The number of nitrogens with zero attached hydrogens (tertiary/aromatic N) is 1. The van der Waals surface area contributed by atoms with Crippen LogP contribution >= 0.6 is 15.9 Å². The maximum atomic E-state index is 12.0. The van der Waals surface area contributed by atoms with E-state index < -0.39 is 5.60 Å². The monoisotopic (exact) mass is 328 g/mol. The number of carbonyl (C=O) groups excluding carboxylic acids is 1. The Hall–Kier alpha value is -0.940. The van der Waals surface area contributed by atoms with Crippen molar-refractivity contribution in [2.75, 3.05) is 6.54 Å². The number of carbonyl (C=O) groups is 1. The Labute approximate surface area is 122 Å². The van der Waals surface area contributed by atoms with Crippen molar-refractivity contribution in [3.05, 3.63) is 28.5 Å². The van der Waals surface area contributed by atoms with Gasteiger partial charge in [0.1, 0.15) is 4.60 Å². The summed E-state index contributed by atoms with van der Waals surface area (Å²) in [6.07, 6.45) is 3.21. The van der Waals surface area contributed by atoms with Crippen LogP contribution in [0.1, 0.15) is 44.0 Å². The number of nitrogens with one attached hydrogen (secondary N) is 1. The molecule has 19 heavy (non-hydrogen) atoms. The highest BCUT2D eigenvalue weighted by Crippen LogP contribution is 2.16. The minimum Gasteiger partial charge on any atom is -0.388 e. The van der Waals surface area contributed by atoms with Crippen molar-refractivity contribution in [2.45, 2.75) is 39.2 Å². The second kappa shape index (κ2) is 7.01. The molecule has 0 radical (unpaired) electrons. The first-order valence-electron chi connectivity index (χ1n) is 6.43. The van der Waals surface area contributed by atoms with Gasteiger partial charge < -0.3 is 10.4 Å². The van der Waals surface area contributed by atoms with Gasteiger partial charge in [-0.15, -0.1) is 0 Å². The van der Waals surface area contributed by atoms with Crippen molar-refractivity contribution in [1.29, 1.82) is 0 Å². The van der Waals surface area contributed by atoms with E-state index in [0.29, 0.717) is 22.5 Å². The van der Waals surface area contributed by atoms with Crippen molar-refractivity contribution in [1.82, 2.24) is 10.3 Å². The summed E-state index contributed by atoms with van der Waals surface area (Å²) in [6, 6.07) is 3.39. The van der Waals surface area contributed by atoms with E-state index in [-0.39, 0.29) is 12.5 Å². The smallest absolute Gasteiger partial charge is 0.254 e. The van der Waals surface area contributed by atoms with Crippen LogP contribution in [-0.2, 0) is 0 Å². The third-order valence-corrected chi connectivity index (χ3v) is 3.53. The number of hydrogen-bond donors (Lipinski definition) is 2. The lowest BCUT2D eigenvalue weighted by molar-refractivity contribution is 0.0429. The molecule has 1 aromatic heterocycles. The number of hydrogen-bond acceptors (Lipinski definition) is 3. The largest absolute Gasteiger partial charge is 0.388 e. The van der Waals surface area contributed by atoms with Crippen molar-refractivity contribution < 1.29 is 9.90 Å². The van der Waals surface area contributed by atoms with E-state index in [1.54, 1.807) is 25.3 Å². The van der Waals surface area contributed by atoms with Crippen LogP contribution in [0.25, 0.3) is 0 Å². The molecule has 0 spiro atoms. The summed E-state index contributed by atoms with van der Waals surface area (Å²) in [4.78, 5) is 16.0. The molecule has 1 aromatic rings. The fourth-order valence-corrected chi connectivity index (χ4v) is 2.04. The molecule has 0 saturated carbocycles. The summed E-state index contributed by atoms with van der Waals surface area (Å²) >= 11 is 3.23. The quantitative estimate of drug-likeness (QED) is 0.789. The van der Waals surface area contributed by atoms with Gasteiger partial charge in [-0.1, -0.05) is 13.8 Å². The Balaban J connectivity index is 2.52. The topological polar surface area (TPSA) is 62.2 Å². The second-order valence-corrected chi connectivity index (χ2v) is 6.21. The van der Waals surface area contributed by atoms with Gasteiger partial charge in [-0.25, -0.2) is 4.98 Å². The summed E-state index contributed by atoms with van der Waals surface area (Å²) in [5, 5.41) is 12.9. The SMILES string of the molecule is CC(C)CCC(C)(O)CNC(=O)c1cccnc1Br. The molecule has 1 rings (SSSR count). The molecule has 106 valence electrons. The van der Waals surface area contributed by atoms with E-state index in [2.05, 4.69) is 40.1 Å². The molecule has 1 unspecified atom stereocenters. The normalized spacial score (nSPS) is 14.2. The van der Waals surface area contributed by atoms with Crippen molar-refractivity contribution in [3.8, 4) is 0 Å². The molecule has 0 aliphatic heterocycles. The van der Waals surface area contributed by atoms with Gasteiger partial charge in [0.25, 0.3) is 5.91 Å². The zero-order chi connectivity index (χ0) is 14.5. The Morgan fingerprint density at radius 3 is 2.84 bits per heavy atom. The highest BCUT2D eigenvalue weighted by Gasteiger charge is 2.22. The molecule has 0 saturated heterocycles. The molecule has 1 amide bonds. The van der Waals surface area contributed by atoms with E-state index in [1.807, 2.05) is 0 Å². The van der Waals surface area contributed by atoms with Crippen LogP contribution in [0.15, 0.2) is 22.9 Å². The third kappa shape index (κ3) is 5.70. The van der Waals surface area contributed by atoms with Gasteiger partial charge in [-0.2, -0.15) is 0 Å². The first-order chi connectivity index (χ1) is 8.82. The van der Waals surface area contributed by atoms with Crippen LogP contribution < -0.4 is 5.32 Å². The van der Waals surface area contributed by atoms with Crippen LogP contribution in [0.4, 0.5) is 0 Å².